The molecule has 2 aromatic rings. The lowest BCUT2D eigenvalue weighted by Gasteiger charge is -2.14. The summed E-state index contributed by atoms with van der Waals surface area (Å²) < 4.78 is 6.62. The number of amides is 1. The molecular weight excluding hydrogens is 342 g/mol. The van der Waals surface area contributed by atoms with Crippen molar-refractivity contribution in [3.8, 4) is 5.75 Å². The lowest BCUT2D eigenvalue weighted by molar-refractivity contribution is -0.121. The van der Waals surface area contributed by atoms with E-state index in [1.54, 1.807) is 0 Å². The number of carbonyl (C=O) groups is 1. The molecule has 0 aliphatic carbocycles. The number of benzene rings is 2. The molecule has 1 N–H and O–H groups in total. The first-order chi connectivity index (χ1) is 10.6. The van der Waals surface area contributed by atoms with E-state index in [1.807, 2.05) is 61.5 Å². The summed E-state index contributed by atoms with van der Waals surface area (Å²) in [5.74, 6) is 0.872. The van der Waals surface area contributed by atoms with Crippen LogP contribution in [0.25, 0.3) is 0 Å². The van der Waals surface area contributed by atoms with Gasteiger partial charge in [0.2, 0.25) is 5.91 Å². The third kappa shape index (κ3) is 5.53. The molecule has 3 nitrogen and oxygen atoms in total. The zero-order valence-electron chi connectivity index (χ0n) is 12.6. The molecule has 0 aromatic heterocycles. The predicted octanol–water partition coefficient (Wildman–Crippen LogP) is 4.49. The van der Waals surface area contributed by atoms with Gasteiger partial charge in [-0.15, -0.1) is 0 Å². The number of rotatable bonds is 7. The van der Waals surface area contributed by atoms with E-state index in [1.165, 1.54) is 0 Å². The molecule has 0 saturated carbocycles. The molecule has 116 valence electrons. The minimum Gasteiger partial charge on any atom is -0.494 e. The Morgan fingerprint density at radius 1 is 1.14 bits per heavy atom. The summed E-state index contributed by atoms with van der Waals surface area (Å²) in [6.45, 7) is 2.53. The number of carbonyl (C=O) groups excluding carboxylic acids is 1. The van der Waals surface area contributed by atoms with Crippen molar-refractivity contribution in [2.24, 2.45) is 0 Å². The summed E-state index contributed by atoms with van der Waals surface area (Å²) in [6.07, 6.45) is 1.16. The second-order valence-electron chi connectivity index (χ2n) is 5.11. The molecule has 2 aromatic carbocycles. The molecule has 0 spiro atoms. The minimum atomic E-state index is 0.0288. The summed E-state index contributed by atoms with van der Waals surface area (Å²) in [4.78, 5) is 11.9. The molecule has 0 bridgehead atoms. The van der Waals surface area contributed by atoms with Gasteiger partial charge >= 0.3 is 0 Å². The van der Waals surface area contributed by atoms with E-state index in [2.05, 4.69) is 21.2 Å². The van der Waals surface area contributed by atoms with Crippen molar-refractivity contribution in [1.29, 1.82) is 0 Å². The van der Waals surface area contributed by atoms with E-state index in [-0.39, 0.29) is 11.9 Å². The average molecular weight is 362 g/mol. The van der Waals surface area contributed by atoms with Crippen molar-refractivity contribution < 1.29 is 9.53 Å². The molecule has 2 rings (SSSR count). The zero-order valence-corrected chi connectivity index (χ0v) is 14.2. The van der Waals surface area contributed by atoms with Crippen LogP contribution in [-0.2, 0) is 4.79 Å². The van der Waals surface area contributed by atoms with Crippen molar-refractivity contribution in [3.05, 3.63) is 64.6 Å². The normalized spacial score (nSPS) is 11.7. The maximum absolute atomic E-state index is 11.9. The van der Waals surface area contributed by atoms with Crippen molar-refractivity contribution >= 4 is 21.8 Å². The maximum Gasteiger partial charge on any atom is 0.220 e. The van der Waals surface area contributed by atoms with Gasteiger partial charge in [0.15, 0.2) is 0 Å². The van der Waals surface area contributed by atoms with Crippen LogP contribution in [0.3, 0.4) is 0 Å². The number of halogens is 1. The van der Waals surface area contributed by atoms with Gasteiger partial charge < -0.3 is 10.1 Å². The highest BCUT2D eigenvalue weighted by Gasteiger charge is 2.08. The van der Waals surface area contributed by atoms with E-state index in [9.17, 15) is 4.79 Å². The van der Waals surface area contributed by atoms with Gasteiger partial charge in [0, 0.05) is 10.9 Å². The highest BCUT2D eigenvalue weighted by atomic mass is 79.9. The van der Waals surface area contributed by atoms with E-state index in [0.717, 1.165) is 15.8 Å². The van der Waals surface area contributed by atoms with Gasteiger partial charge in [-0.1, -0.05) is 46.3 Å². The van der Waals surface area contributed by atoms with Gasteiger partial charge in [-0.3, -0.25) is 4.79 Å². The van der Waals surface area contributed by atoms with Crippen LogP contribution in [0.4, 0.5) is 0 Å². The smallest absolute Gasteiger partial charge is 0.220 e. The topological polar surface area (TPSA) is 38.3 Å². The fourth-order valence-electron chi connectivity index (χ4n) is 2.09. The van der Waals surface area contributed by atoms with Crippen LogP contribution in [-0.4, -0.2) is 12.5 Å². The van der Waals surface area contributed by atoms with Gasteiger partial charge in [-0.2, -0.15) is 0 Å². The highest BCUT2D eigenvalue weighted by molar-refractivity contribution is 9.10. The van der Waals surface area contributed by atoms with E-state index < -0.39 is 0 Å². The molecule has 0 heterocycles. The number of ether oxygens (including phenoxy) is 1. The van der Waals surface area contributed by atoms with Gasteiger partial charge in [0.25, 0.3) is 0 Å². The molecule has 22 heavy (non-hydrogen) atoms. The summed E-state index contributed by atoms with van der Waals surface area (Å²) in [6, 6.07) is 17.7. The monoisotopic (exact) mass is 361 g/mol. The molecule has 1 amide bonds. The second-order valence-corrected chi connectivity index (χ2v) is 6.02. The molecule has 1 atom stereocenters. The fraction of sp³-hybridized carbons (Fsp3) is 0.278. The molecule has 0 radical (unpaired) electrons. The van der Waals surface area contributed by atoms with Crippen LogP contribution >= 0.6 is 15.9 Å². The third-order valence-corrected chi connectivity index (χ3v) is 3.84. The van der Waals surface area contributed by atoms with Crippen LogP contribution in [0.5, 0.6) is 5.75 Å². The molecule has 4 heteroatoms. The van der Waals surface area contributed by atoms with Gasteiger partial charge in [0.1, 0.15) is 5.75 Å². The molecule has 0 aliphatic heterocycles. The average Bonchev–Trinajstić information content (AvgIpc) is 2.54. The Hall–Kier alpha value is -1.81. The quantitative estimate of drug-likeness (QED) is 0.738. The first-order valence-electron chi connectivity index (χ1n) is 7.38. The largest absolute Gasteiger partial charge is 0.494 e. The lowest BCUT2D eigenvalue weighted by atomic mass is 10.1. The fourth-order valence-corrected chi connectivity index (χ4v) is 2.36. The van der Waals surface area contributed by atoms with E-state index in [4.69, 9.17) is 4.74 Å². The summed E-state index contributed by atoms with van der Waals surface area (Å²) in [5, 5.41) is 3.00. The van der Waals surface area contributed by atoms with Crippen LogP contribution < -0.4 is 10.1 Å². The van der Waals surface area contributed by atoms with Crippen molar-refractivity contribution in [3.63, 3.8) is 0 Å². The van der Waals surface area contributed by atoms with Gasteiger partial charge in [-0.25, -0.2) is 0 Å². The number of nitrogens with one attached hydrogen (secondary N) is 1. The van der Waals surface area contributed by atoms with Crippen LogP contribution in [0, 0.1) is 0 Å². The first-order valence-corrected chi connectivity index (χ1v) is 8.17. The van der Waals surface area contributed by atoms with E-state index in [0.29, 0.717) is 19.4 Å². The lowest BCUT2D eigenvalue weighted by Crippen LogP contribution is -2.26. The Labute approximate surface area is 139 Å². The molecule has 0 unspecified atom stereocenters. The predicted molar refractivity (Wildman–Crippen MR) is 91.9 cm³/mol. The Morgan fingerprint density at radius 3 is 2.50 bits per heavy atom. The minimum absolute atomic E-state index is 0.0288. The zero-order chi connectivity index (χ0) is 15.8. The molecule has 0 aliphatic rings. The maximum atomic E-state index is 11.9. The van der Waals surface area contributed by atoms with Gasteiger partial charge in [-0.05, 0) is 43.2 Å². The van der Waals surface area contributed by atoms with Crippen molar-refractivity contribution in [1.82, 2.24) is 5.32 Å². The summed E-state index contributed by atoms with van der Waals surface area (Å²) in [5.41, 5.74) is 1.11. The van der Waals surface area contributed by atoms with Crippen molar-refractivity contribution in [2.45, 2.75) is 25.8 Å². The first kappa shape index (κ1) is 16.6. The Balaban J connectivity index is 1.66. The Kier molecular flexibility index (Phi) is 6.46. The van der Waals surface area contributed by atoms with Crippen LogP contribution in [0.1, 0.15) is 31.4 Å². The Bertz CT molecular complexity index is 584. The molecular formula is C18H20BrNO2. The second kappa shape index (κ2) is 8.59. The van der Waals surface area contributed by atoms with E-state index >= 15 is 0 Å². The summed E-state index contributed by atoms with van der Waals surface area (Å²) >= 11 is 3.38. The SMILES string of the molecule is C[C@@H](NC(=O)CCCOc1ccc(Br)cc1)c1ccccc1. The number of hydrogen-bond acceptors (Lipinski definition) is 2. The highest BCUT2D eigenvalue weighted by Crippen LogP contribution is 2.16. The van der Waals surface area contributed by atoms with Gasteiger partial charge in [0.05, 0.1) is 12.6 Å². The third-order valence-electron chi connectivity index (χ3n) is 3.31. The van der Waals surface area contributed by atoms with Crippen LogP contribution in [0.15, 0.2) is 59.1 Å². The summed E-state index contributed by atoms with van der Waals surface area (Å²) in [7, 11) is 0. The van der Waals surface area contributed by atoms with Crippen molar-refractivity contribution in [2.75, 3.05) is 6.61 Å². The number of hydrogen-bond donors (Lipinski definition) is 1. The Morgan fingerprint density at radius 2 is 1.82 bits per heavy atom. The molecule has 0 fully saturated rings. The molecule has 0 saturated heterocycles. The van der Waals surface area contributed by atoms with Crippen LogP contribution in [0.2, 0.25) is 0 Å². The standard InChI is InChI=1S/C18H20BrNO2/c1-14(15-6-3-2-4-7-15)20-18(21)8-5-13-22-17-11-9-16(19)10-12-17/h2-4,6-7,9-12,14H,5,8,13H2,1H3,(H,20,21)/t14-/m1/s1.